The minimum absolute atomic E-state index is 0.300. The first-order valence-electron chi connectivity index (χ1n) is 6.41. The van der Waals surface area contributed by atoms with Crippen LogP contribution in [0.1, 0.15) is 26.9 Å². The van der Waals surface area contributed by atoms with Gasteiger partial charge in [0.05, 0.1) is 6.04 Å². The van der Waals surface area contributed by atoms with Crippen molar-refractivity contribution >= 4 is 32.8 Å². The number of aryl methyl sites for hydroxylation is 2. The molecule has 2 aromatic heterocycles. The summed E-state index contributed by atoms with van der Waals surface area (Å²) >= 11 is 3.72. The fourth-order valence-corrected chi connectivity index (χ4v) is 4.58. The van der Waals surface area contributed by atoms with E-state index in [1.165, 1.54) is 31.0 Å². The summed E-state index contributed by atoms with van der Waals surface area (Å²) < 4.78 is 1.36. The number of rotatable bonds is 3. The highest BCUT2D eigenvalue weighted by Crippen LogP contribution is 2.36. The summed E-state index contributed by atoms with van der Waals surface area (Å²) in [5, 5.41) is 7.13. The van der Waals surface area contributed by atoms with Crippen LogP contribution in [0.5, 0.6) is 0 Å². The lowest BCUT2D eigenvalue weighted by molar-refractivity contribution is 0.711. The summed E-state index contributed by atoms with van der Waals surface area (Å²) in [6.45, 7) is 4.38. The molecule has 19 heavy (non-hydrogen) atoms. The maximum absolute atomic E-state index is 3.47. The maximum Gasteiger partial charge on any atom is 0.0683 e. The van der Waals surface area contributed by atoms with Crippen LogP contribution in [-0.4, -0.2) is 7.05 Å². The van der Waals surface area contributed by atoms with Crippen LogP contribution in [-0.2, 0) is 0 Å². The van der Waals surface area contributed by atoms with Gasteiger partial charge in [-0.1, -0.05) is 18.2 Å². The molecule has 98 valence electrons. The Hall–Kier alpha value is -1.16. The van der Waals surface area contributed by atoms with E-state index in [9.17, 15) is 0 Å². The van der Waals surface area contributed by atoms with E-state index in [0.717, 1.165) is 0 Å². The highest BCUT2D eigenvalue weighted by atomic mass is 32.1. The van der Waals surface area contributed by atoms with E-state index in [-0.39, 0.29) is 0 Å². The smallest absolute Gasteiger partial charge is 0.0683 e. The van der Waals surface area contributed by atoms with Gasteiger partial charge in [0, 0.05) is 14.5 Å². The number of thiophene rings is 2. The monoisotopic (exact) mass is 287 g/mol. The minimum atomic E-state index is 0.300. The van der Waals surface area contributed by atoms with Gasteiger partial charge in [0.25, 0.3) is 0 Å². The van der Waals surface area contributed by atoms with E-state index >= 15 is 0 Å². The molecule has 0 bridgehead atoms. The molecule has 1 atom stereocenters. The third kappa shape index (κ3) is 2.22. The Morgan fingerprint density at radius 2 is 1.95 bits per heavy atom. The fourth-order valence-electron chi connectivity index (χ4n) is 2.42. The number of nitrogens with one attached hydrogen (secondary N) is 1. The predicted molar refractivity (Wildman–Crippen MR) is 86.5 cm³/mol. The van der Waals surface area contributed by atoms with Crippen molar-refractivity contribution in [2.45, 2.75) is 19.9 Å². The molecule has 0 spiro atoms. The van der Waals surface area contributed by atoms with Crippen molar-refractivity contribution in [3.63, 3.8) is 0 Å². The Kier molecular flexibility index (Phi) is 3.44. The van der Waals surface area contributed by atoms with Crippen molar-refractivity contribution < 1.29 is 0 Å². The minimum Gasteiger partial charge on any atom is -0.309 e. The van der Waals surface area contributed by atoms with Crippen LogP contribution in [0, 0.1) is 13.8 Å². The second-order valence-corrected chi connectivity index (χ2v) is 7.00. The zero-order chi connectivity index (χ0) is 13.4. The second-order valence-electron chi connectivity index (χ2n) is 4.80. The van der Waals surface area contributed by atoms with Crippen LogP contribution < -0.4 is 5.32 Å². The van der Waals surface area contributed by atoms with Gasteiger partial charge in [0.2, 0.25) is 0 Å². The molecule has 3 rings (SSSR count). The van der Waals surface area contributed by atoms with Crippen LogP contribution in [0.25, 0.3) is 10.1 Å². The molecule has 3 aromatic rings. The van der Waals surface area contributed by atoms with E-state index < -0.39 is 0 Å². The number of fused-ring (bicyclic) bond motifs is 1. The van der Waals surface area contributed by atoms with Crippen molar-refractivity contribution in [1.82, 2.24) is 5.32 Å². The van der Waals surface area contributed by atoms with Crippen LogP contribution in [0.15, 0.2) is 35.7 Å². The molecular weight excluding hydrogens is 270 g/mol. The van der Waals surface area contributed by atoms with Gasteiger partial charge < -0.3 is 5.32 Å². The Morgan fingerprint density at radius 3 is 2.63 bits per heavy atom. The molecule has 0 radical (unpaired) electrons. The largest absolute Gasteiger partial charge is 0.309 e. The van der Waals surface area contributed by atoms with Crippen molar-refractivity contribution in [3.05, 3.63) is 56.6 Å². The average molecular weight is 287 g/mol. The molecule has 0 amide bonds. The molecule has 1 N–H and O–H groups in total. The highest BCUT2D eigenvalue weighted by Gasteiger charge is 2.18. The van der Waals surface area contributed by atoms with Gasteiger partial charge in [-0.2, -0.15) is 0 Å². The van der Waals surface area contributed by atoms with Gasteiger partial charge in [0.1, 0.15) is 0 Å². The zero-order valence-corrected chi connectivity index (χ0v) is 13.0. The van der Waals surface area contributed by atoms with Crippen LogP contribution in [0.3, 0.4) is 0 Å². The van der Waals surface area contributed by atoms with E-state index in [2.05, 4.69) is 54.9 Å². The van der Waals surface area contributed by atoms with Gasteiger partial charge in [-0.15, -0.1) is 22.7 Å². The molecule has 1 unspecified atom stereocenters. The van der Waals surface area contributed by atoms with Gasteiger partial charge in [-0.25, -0.2) is 0 Å². The average Bonchev–Trinajstić information content (AvgIpc) is 2.97. The summed E-state index contributed by atoms with van der Waals surface area (Å²) in [5.74, 6) is 0. The second kappa shape index (κ2) is 5.08. The summed E-state index contributed by atoms with van der Waals surface area (Å²) in [4.78, 5) is 2.82. The fraction of sp³-hybridized carbons (Fsp3) is 0.250. The van der Waals surface area contributed by atoms with Crippen LogP contribution >= 0.6 is 22.7 Å². The molecule has 0 saturated carbocycles. The molecular formula is C16H17NS2. The van der Waals surface area contributed by atoms with Gasteiger partial charge in [0.15, 0.2) is 0 Å². The number of hydrogen-bond donors (Lipinski definition) is 1. The molecule has 3 heteroatoms. The third-order valence-electron chi connectivity index (χ3n) is 3.58. The van der Waals surface area contributed by atoms with Gasteiger partial charge in [-0.3, -0.25) is 0 Å². The Morgan fingerprint density at radius 1 is 1.16 bits per heavy atom. The molecule has 2 heterocycles. The number of benzene rings is 1. The summed E-state index contributed by atoms with van der Waals surface area (Å²) in [6.07, 6.45) is 0. The Bertz CT molecular complexity index is 689. The van der Waals surface area contributed by atoms with E-state index in [0.29, 0.717) is 6.04 Å². The summed E-state index contributed by atoms with van der Waals surface area (Å²) in [6, 6.07) is 11.3. The first-order valence-corrected chi connectivity index (χ1v) is 8.10. The van der Waals surface area contributed by atoms with Crippen LogP contribution in [0.2, 0.25) is 0 Å². The zero-order valence-electron chi connectivity index (χ0n) is 11.4. The van der Waals surface area contributed by atoms with Gasteiger partial charge in [-0.05, 0) is 54.9 Å². The van der Waals surface area contributed by atoms with Crippen molar-refractivity contribution in [2.75, 3.05) is 7.05 Å². The highest BCUT2D eigenvalue weighted by molar-refractivity contribution is 7.17. The molecule has 0 saturated heterocycles. The quantitative estimate of drug-likeness (QED) is 0.723. The lowest BCUT2D eigenvalue weighted by Gasteiger charge is -2.14. The molecule has 1 nitrogen and oxygen atoms in total. The standard InChI is InChI=1S/C16H17NS2/c1-10-8-15(19-11(10)2)16(17-3)13-9-18-14-7-5-4-6-12(13)14/h4-9,16-17H,1-3H3. The van der Waals surface area contributed by atoms with Gasteiger partial charge >= 0.3 is 0 Å². The lowest BCUT2D eigenvalue weighted by atomic mass is 10.0. The van der Waals surface area contributed by atoms with Crippen molar-refractivity contribution in [1.29, 1.82) is 0 Å². The first kappa shape index (κ1) is 12.9. The van der Waals surface area contributed by atoms with Crippen molar-refractivity contribution in [2.24, 2.45) is 0 Å². The van der Waals surface area contributed by atoms with E-state index in [1.54, 1.807) is 0 Å². The topological polar surface area (TPSA) is 12.0 Å². The first-order chi connectivity index (χ1) is 9.20. The number of hydrogen-bond acceptors (Lipinski definition) is 3. The lowest BCUT2D eigenvalue weighted by Crippen LogP contribution is -2.15. The Balaban J connectivity index is 2.12. The molecule has 1 aromatic carbocycles. The predicted octanol–water partition coefficient (Wildman–Crippen LogP) is 4.89. The Labute approximate surface area is 121 Å². The molecule has 0 aliphatic rings. The summed E-state index contributed by atoms with van der Waals surface area (Å²) in [7, 11) is 2.04. The normalized spacial score (nSPS) is 13.0. The third-order valence-corrected chi connectivity index (χ3v) is 5.78. The molecule has 0 aliphatic heterocycles. The van der Waals surface area contributed by atoms with Crippen molar-refractivity contribution in [3.8, 4) is 0 Å². The van der Waals surface area contributed by atoms with Crippen LogP contribution in [0.4, 0.5) is 0 Å². The molecule has 0 aliphatic carbocycles. The SMILES string of the molecule is CNC(c1cc(C)c(C)s1)c1csc2ccccc12. The van der Waals surface area contributed by atoms with E-state index in [4.69, 9.17) is 0 Å². The summed E-state index contributed by atoms with van der Waals surface area (Å²) in [5.41, 5.74) is 2.78. The molecule has 0 fully saturated rings. The maximum atomic E-state index is 3.47. The van der Waals surface area contributed by atoms with E-state index in [1.807, 2.05) is 29.7 Å².